The molecule has 0 spiro atoms. The maximum absolute atomic E-state index is 13.5. The van der Waals surface area contributed by atoms with Crippen molar-refractivity contribution in [2.75, 3.05) is 44.3 Å². The highest BCUT2D eigenvalue weighted by Crippen LogP contribution is 2.45. The van der Waals surface area contributed by atoms with E-state index in [9.17, 15) is 4.79 Å². The zero-order valence-electron chi connectivity index (χ0n) is 15.4. The highest BCUT2D eigenvalue weighted by Gasteiger charge is 2.48. The van der Waals surface area contributed by atoms with Crippen LogP contribution in [0.25, 0.3) is 0 Å². The Hall–Kier alpha value is -2.17. The van der Waals surface area contributed by atoms with Crippen LogP contribution in [0.3, 0.4) is 0 Å². The summed E-state index contributed by atoms with van der Waals surface area (Å²) in [4.78, 5) is 17.9. The first-order valence-electron chi connectivity index (χ1n) is 9.48. The lowest BCUT2D eigenvalue weighted by atomic mass is 9.77. The fourth-order valence-electron chi connectivity index (χ4n) is 4.18. The van der Waals surface area contributed by atoms with Crippen molar-refractivity contribution in [3.8, 4) is 0 Å². The topological polar surface area (TPSA) is 32.8 Å². The van der Waals surface area contributed by atoms with Crippen LogP contribution < -0.4 is 4.90 Å². The number of rotatable bonds is 5. The van der Waals surface area contributed by atoms with Gasteiger partial charge in [-0.05, 0) is 30.5 Å². The maximum atomic E-state index is 13.5. The lowest BCUT2D eigenvalue weighted by molar-refractivity contribution is -0.121. The average Bonchev–Trinajstić information content (AvgIpc) is 2.92. The van der Waals surface area contributed by atoms with Crippen molar-refractivity contribution in [2.45, 2.75) is 18.8 Å². The van der Waals surface area contributed by atoms with E-state index in [1.807, 2.05) is 35.2 Å². The summed E-state index contributed by atoms with van der Waals surface area (Å²) in [5.74, 6) is 0.187. The van der Waals surface area contributed by atoms with E-state index >= 15 is 0 Å². The summed E-state index contributed by atoms with van der Waals surface area (Å²) in [5.41, 5.74) is 2.64. The molecule has 0 saturated carbocycles. The van der Waals surface area contributed by atoms with Crippen LogP contribution in [0.4, 0.5) is 5.69 Å². The molecule has 2 aromatic carbocycles. The molecule has 2 aliphatic heterocycles. The lowest BCUT2D eigenvalue weighted by Gasteiger charge is -2.28. The summed E-state index contributed by atoms with van der Waals surface area (Å²) >= 11 is 0. The van der Waals surface area contributed by atoms with E-state index < -0.39 is 5.41 Å². The summed E-state index contributed by atoms with van der Waals surface area (Å²) in [6, 6.07) is 18.4. The zero-order chi connectivity index (χ0) is 18.0. The Bertz CT molecular complexity index is 771. The van der Waals surface area contributed by atoms with Gasteiger partial charge >= 0.3 is 0 Å². The smallest absolute Gasteiger partial charge is 0.241 e. The van der Waals surface area contributed by atoms with Crippen molar-refractivity contribution in [3.05, 3.63) is 65.7 Å². The molecule has 1 atom stereocenters. The first-order valence-corrected chi connectivity index (χ1v) is 9.48. The van der Waals surface area contributed by atoms with Gasteiger partial charge in [-0.3, -0.25) is 9.69 Å². The highest BCUT2D eigenvalue weighted by atomic mass is 16.5. The number of carbonyl (C=O) groups is 1. The van der Waals surface area contributed by atoms with Gasteiger partial charge < -0.3 is 9.64 Å². The minimum absolute atomic E-state index is 0.187. The predicted octanol–water partition coefficient (Wildman–Crippen LogP) is 3.06. The van der Waals surface area contributed by atoms with E-state index in [4.69, 9.17) is 4.74 Å². The Morgan fingerprint density at radius 1 is 0.962 bits per heavy atom. The normalized spacial score (nSPS) is 23.3. The number of hydrogen-bond acceptors (Lipinski definition) is 3. The molecule has 2 aliphatic rings. The molecule has 1 amide bonds. The third-order valence-corrected chi connectivity index (χ3v) is 5.72. The van der Waals surface area contributed by atoms with E-state index in [1.54, 1.807) is 0 Å². The van der Waals surface area contributed by atoms with Crippen LogP contribution >= 0.6 is 0 Å². The molecular formula is C22H26N2O2. The predicted molar refractivity (Wildman–Crippen MR) is 104 cm³/mol. The third kappa shape index (κ3) is 2.93. The Balaban J connectivity index is 1.56. The average molecular weight is 350 g/mol. The number of ether oxygens (including phenoxy) is 1. The fourth-order valence-corrected chi connectivity index (χ4v) is 4.18. The monoisotopic (exact) mass is 350 g/mol. The lowest BCUT2D eigenvalue weighted by Crippen LogP contribution is -2.41. The van der Waals surface area contributed by atoms with Gasteiger partial charge in [-0.2, -0.15) is 0 Å². The molecule has 0 radical (unpaired) electrons. The first-order chi connectivity index (χ1) is 12.7. The zero-order valence-corrected chi connectivity index (χ0v) is 15.4. The van der Waals surface area contributed by atoms with E-state index in [2.05, 4.69) is 36.1 Å². The molecule has 4 heteroatoms. The Labute approximate surface area is 155 Å². The Kier molecular flexibility index (Phi) is 4.79. The van der Waals surface area contributed by atoms with Gasteiger partial charge in [0.15, 0.2) is 0 Å². The number of nitrogens with zero attached hydrogens (tertiary/aromatic N) is 2. The largest absolute Gasteiger partial charge is 0.379 e. The summed E-state index contributed by atoms with van der Waals surface area (Å²) in [5, 5.41) is 0. The third-order valence-electron chi connectivity index (χ3n) is 5.72. The minimum atomic E-state index is -0.600. The van der Waals surface area contributed by atoms with Gasteiger partial charge in [-0.1, -0.05) is 48.5 Å². The molecule has 2 heterocycles. The molecule has 26 heavy (non-hydrogen) atoms. The maximum Gasteiger partial charge on any atom is 0.241 e. The van der Waals surface area contributed by atoms with E-state index in [0.29, 0.717) is 0 Å². The SMILES string of the molecule is CC1(c2ccccc2)C(=O)N(CCCN2CCOCC2)c2ccccc21. The number of carbonyl (C=O) groups excluding carboxylic acids is 1. The highest BCUT2D eigenvalue weighted by molar-refractivity contribution is 6.10. The van der Waals surface area contributed by atoms with Crippen LogP contribution in [0.2, 0.25) is 0 Å². The van der Waals surface area contributed by atoms with Crippen molar-refractivity contribution in [2.24, 2.45) is 0 Å². The number of benzene rings is 2. The number of morpholine rings is 1. The van der Waals surface area contributed by atoms with Crippen LogP contribution in [-0.4, -0.2) is 50.2 Å². The van der Waals surface area contributed by atoms with Crippen LogP contribution in [-0.2, 0) is 14.9 Å². The number of para-hydroxylation sites is 1. The van der Waals surface area contributed by atoms with Gasteiger partial charge in [0.2, 0.25) is 5.91 Å². The van der Waals surface area contributed by atoms with Crippen molar-refractivity contribution in [1.82, 2.24) is 4.90 Å². The number of amides is 1. The van der Waals surface area contributed by atoms with Crippen molar-refractivity contribution in [1.29, 1.82) is 0 Å². The van der Waals surface area contributed by atoms with Gasteiger partial charge in [0, 0.05) is 31.9 Å². The van der Waals surface area contributed by atoms with E-state index in [-0.39, 0.29) is 5.91 Å². The van der Waals surface area contributed by atoms with Crippen LogP contribution in [0.15, 0.2) is 54.6 Å². The Morgan fingerprint density at radius 3 is 2.42 bits per heavy atom. The summed E-state index contributed by atoms with van der Waals surface area (Å²) < 4.78 is 5.41. The first kappa shape index (κ1) is 17.3. The molecule has 0 aliphatic carbocycles. The molecule has 2 aromatic rings. The molecule has 4 rings (SSSR count). The molecular weight excluding hydrogens is 324 g/mol. The second-order valence-electron chi connectivity index (χ2n) is 7.27. The Morgan fingerprint density at radius 2 is 1.65 bits per heavy atom. The van der Waals surface area contributed by atoms with Crippen LogP contribution in [0.5, 0.6) is 0 Å². The molecule has 4 nitrogen and oxygen atoms in total. The molecule has 0 bridgehead atoms. The summed E-state index contributed by atoms with van der Waals surface area (Å²) in [7, 11) is 0. The van der Waals surface area contributed by atoms with E-state index in [1.165, 1.54) is 0 Å². The fraction of sp³-hybridized carbons (Fsp3) is 0.409. The van der Waals surface area contributed by atoms with Gasteiger partial charge in [0.05, 0.1) is 18.6 Å². The van der Waals surface area contributed by atoms with Crippen molar-refractivity contribution in [3.63, 3.8) is 0 Å². The molecule has 0 aromatic heterocycles. The molecule has 0 N–H and O–H groups in total. The van der Waals surface area contributed by atoms with Crippen LogP contribution in [0.1, 0.15) is 24.5 Å². The minimum Gasteiger partial charge on any atom is -0.379 e. The van der Waals surface area contributed by atoms with Crippen molar-refractivity contribution >= 4 is 11.6 Å². The van der Waals surface area contributed by atoms with E-state index in [0.717, 1.165) is 62.6 Å². The molecule has 1 fully saturated rings. The molecule has 136 valence electrons. The molecule has 1 unspecified atom stereocenters. The van der Waals surface area contributed by atoms with Crippen LogP contribution in [0, 0.1) is 0 Å². The van der Waals surface area contributed by atoms with Gasteiger partial charge in [-0.25, -0.2) is 0 Å². The van der Waals surface area contributed by atoms with Crippen molar-refractivity contribution < 1.29 is 9.53 Å². The number of fused-ring (bicyclic) bond motifs is 1. The second kappa shape index (κ2) is 7.22. The van der Waals surface area contributed by atoms with Gasteiger partial charge in [-0.15, -0.1) is 0 Å². The number of anilines is 1. The standard InChI is InChI=1S/C22H26N2O2/c1-22(18-8-3-2-4-9-18)19-10-5-6-11-20(19)24(21(22)25)13-7-12-23-14-16-26-17-15-23/h2-6,8-11H,7,12-17H2,1H3. The summed E-state index contributed by atoms with van der Waals surface area (Å²) in [6.07, 6.45) is 0.977. The summed E-state index contributed by atoms with van der Waals surface area (Å²) in [6.45, 7) is 7.45. The van der Waals surface area contributed by atoms with Gasteiger partial charge in [0.1, 0.15) is 0 Å². The second-order valence-corrected chi connectivity index (χ2v) is 7.27. The molecule has 1 saturated heterocycles. The van der Waals surface area contributed by atoms with Gasteiger partial charge in [0.25, 0.3) is 0 Å². The quantitative estimate of drug-likeness (QED) is 0.831. The number of hydrogen-bond donors (Lipinski definition) is 0.